The highest BCUT2D eigenvalue weighted by Crippen LogP contribution is 2.52. The van der Waals surface area contributed by atoms with Crippen LogP contribution in [0.15, 0.2) is 194 Å². The Morgan fingerprint density at radius 2 is 1.09 bits per heavy atom. The Morgan fingerprint density at radius 3 is 1.95 bits per heavy atom. The minimum absolute atomic E-state index is 0.124. The Morgan fingerprint density at radius 1 is 0.431 bits per heavy atom. The second-order valence-electron chi connectivity index (χ2n) is 16.1. The van der Waals surface area contributed by atoms with E-state index in [0.29, 0.717) is 0 Å². The van der Waals surface area contributed by atoms with Gasteiger partial charge in [0.05, 0.1) is 11.0 Å². The molecule has 12 rings (SSSR count). The molecule has 274 valence electrons. The third-order valence-electron chi connectivity index (χ3n) is 12.6. The maximum Gasteiger partial charge on any atom is 0.137 e. The van der Waals surface area contributed by atoms with Crippen molar-refractivity contribution in [2.75, 3.05) is 4.90 Å². The summed E-state index contributed by atoms with van der Waals surface area (Å²) >= 11 is 0. The van der Waals surface area contributed by atoms with Gasteiger partial charge in [0, 0.05) is 56.0 Å². The second kappa shape index (κ2) is 12.3. The van der Waals surface area contributed by atoms with E-state index in [4.69, 9.17) is 4.74 Å². The van der Waals surface area contributed by atoms with Crippen molar-refractivity contribution in [3.63, 3.8) is 0 Å². The standard InChI is InChI=1S/C55H38N2O/c1-55(2)48-19-8-6-16-42(48)43-29-27-40(33-49(43)55)56(41-28-30-45-46-18-10-12-36-13-11-21-52(54(36)46)58-53(45)34-41)39-25-22-35(23-26-39)37-24-31-51-47(32-37)44-17-7-9-20-50(44)57(51)38-14-4-3-5-15-38/h3-34H,1-2H3. The Balaban J connectivity index is 0.988. The van der Waals surface area contributed by atoms with Crippen molar-refractivity contribution >= 4 is 49.6 Å². The largest absolute Gasteiger partial charge is 0.456 e. The average Bonchev–Trinajstić information content (AvgIpc) is 3.72. The molecule has 2 heterocycles. The van der Waals surface area contributed by atoms with Crippen LogP contribution in [-0.4, -0.2) is 4.57 Å². The Labute approximate surface area is 337 Å². The van der Waals surface area contributed by atoms with Crippen LogP contribution in [0.2, 0.25) is 0 Å². The van der Waals surface area contributed by atoms with E-state index in [1.54, 1.807) is 0 Å². The average molecular weight is 743 g/mol. The molecule has 1 aliphatic heterocycles. The lowest BCUT2D eigenvalue weighted by molar-refractivity contribution is 0.487. The van der Waals surface area contributed by atoms with Gasteiger partial charge in [-0.1, -0.05) is 129 Å². The Kier molecular flexibility index (Phi) is 6.98. The molecule has 1 aromatic heterocycles. The molecule has 3 nitrogen and oxygen atoms in total. The van der Waals surface area contributed by atoms with Gasteiger partial charge in [-0.05, 0) is 117 Å². The molecule has 3 heteroatoms. The van der Waals surface area contributed by atoms with Crippen LogP contribution in [0.25, 0.3) is 71.6 Å². The molecule has 0 unspecified atom stereocenters. The van der Waals surface area contributed by atoms with Gasteiger partial charge in [0.25, 0.3) is 0 Å². The Hall–Kier alpha value is -7.36. The van der Waals surface area contributed by atoms with Crippen LogP contribution < -0.4 is 9.64 Å². The van der Waals surface area contributed by atoms with Crippen molar-refractivity contribution in [2.45, 2.75) is 19.3 Å². The van der Waals surface area contributed by atoms with E-state index in [1.807, 2.05) is 0 Å². The highest BCUT2D eigenvalue weighted by Gasteiger charge is 2.36. The number of para-hydroxylation sites is 2. The van der Waals surface area contributed by atoms with E-state index in [9.17, 15) is 0 Å². The van der Waals surface area contributed by atoms with E-state index in [-0.39, 0.29) is 5.41 Å². The summed E-state index contributed by atoms with van der Waals surface area (Å²) in [6.07, 6.45) is 0. The SMILES string of the molecule is CC1(C)c2ccccc2-c2ccc(N(c3ccc(-c4ccc5c(c4)c4ccccc4n5-c4ccccc4)cc3)c3ccc4c(c3)Oc3cccc5cccc-4c35)cc21. The molecule has 0 saturated heterocycles. The van der Waals surface area contributed by atoms with Gasteiger partial charge in [0.15, 0.2) is 0 Å². The lowest BCUT2D eigenvalue weighted by atomic mass is 9.82. The molecular weight excluding hydrogens is 705 g/mol. The summed E-state index contributed by atoms with van der Waals surface area (Å²) in [5.74, 6) is 1.76. The fraction of sp³-hybridized carbons (Fsp3) is 0.0545. The predicted molar refractivity (Wildman–Crippen MR) is 241 cm³/mol. The van der Waals surface area contributed by atoms with Crippen molar-refractivity contribution in [1.82, 2.24) is 4.57 Å². The van der Waals surface area contributed by atoms with Gasteiger partial charge >= 0.3 is 0 Å². The van der Waals surface area contributed by atoms with Crippen molar-refractivity contribution < 1.29 is 4.74 Å². The van der Waals surface area contributed by atoms with Gasteiger partial charge in [-0.3, -0.25) is 0 Å². The summed E-state index contributed by atoms with van der Waals surface area (Å²) in [6.45, 7) is 4.69. The maximum absolute atomic E-state index is 6.71. The molecule has 58 heavy (non-hydrogen) atoms. The second-order valence-corrected chi connectivity index (χ2v) is 16.1. The van der Waals surface area contributed by atoms with Crippen molar-refractivity contribution in [3.8, 4) is 50.6 Å². The summed E-state index contributed by atoms with van der Waals surface area (Å²) in [5.41, 5.74) is 16.7. The van der Waals surface area contributed by atoms with E-state index >= 15 is 0 Å². The molecular formula is C55H38N2O. The number of fused-ring (bicyclic) bond motifs is 8. The van der Waals surface area contributed by atoms with Gasteiger partial charge in [-0.25, -0.2) is 0 Å². The highest BCUT2D eigenvalue weighted by atomic mass is 16.5. The number of anilines is 3. The number of aromatic nitrogens is 1. The minimum atomic E-state index is -0.124. The van der Waals surface area contributed by atoms with Gasteiger partial charge in [0.1, 0.15) is 11.5 Å². The fourth-order valence-corrected chi connectivity index (χ4v) is 9.78. The third kappa shape index (κ3) is 4.80. The van der Waals surface area contributed by atoms with Crippen LogP contribution in [0.3, 0.4) is 0 Å². The van der Waals surface area contributed by atoms with E-state index in [0.717, 1.165) is 34.1 Å². The zero-order valence-corrected chi connectivity index (χ0v) is 32.3. The number of nitrogens with zero attached hydrogens (tertiary/aromatic N) is 2. The first-order valence-corrected chi connectivity index (χ1v) is 20.1. The number of ether oxygens (including phenoxy) is 1. The summed E-state index contributed by atoms with van der Waals surface area (Å²) in [6, 6.07) is 70.6. The summed E-state index contributed by atoms with van der Waals surface area (Å²) in [5, 5.41) is 4.85. The molecule has 10 aromatic rings. The van der Waals surface area contributed by atoms with Gasteiger partial charge in [0.2, 0.25) is 0 Å². The summed E-state index contributed by atoms with van der Waals surface area (Å²) in [4.78, 5) is 2.38. The molecule has 0 N–H and O–H groups in total. The van der Waals surface area contributed by atoms with Crippen LogP contribution in [-0.2, 0) is 5.41 Å². The molecule has 0 fully saturated rings. The first kappa shape index (κ1) is 32.8. The molecule has 2 aliphatic rings. The number of benzene rings is 9. The van der Waals surface area contributed by atoms with E-state index in [1.165, 1.54) is 77.2 Å². The smallest absolute Gasteiger partial charge is 0.137 e. The van der Waals surface area contributed by atoms with Crippen LogP contribution in [0, 0.1) is 0 Å². The van der Waals surface area contributed by atoms with Gasteiger partial charge in [-0.2, -0.15) is 0 Å². The van der Waals surface area contributed by atoms with Crippen LogP contribution >= 0.6 is 0 Å². The molecule has 9 aromatic carbocycles. The molecule has 0 bridgehead atoms. The zero-order chi connectivity index (χ0) is 38.5. The number of hydrogen-bond donors (Lipinski definition) is 0. The third-order valence-corrected chi connectivity index (χ3v) is 12.6. The summed E-state index contributed by atoms with van der Waals surface area (Å²) in [7, 11) is 0. The first-order chi connectivity index (χ1) is 28.5. The lowest BCUT2D eigenvalue weighted by Crippen LogP contribution is -2.16. The van der Waals surface area contributed by atoms with Gasteiger partial charge < -0.3 is 14.2 Å². The lowest BCUT2D eigenvalue weighted by Gasteiger charge is -2.29. The zero-order valence-electron chi connectivity index (χ0n) is 32.3. The molecule has 0 spiro atoms. The minimum Gasteiger partial charge on any atom is -0.456 e. The predicted octanol–water partition coefficient (Wildman–Crippen LogP) is 15.2. The first-order valence-electron chi connectivity index (χ1n) is 20.1. The number of rotatable bonds is 5. The Bertz CT molecular complexity index is 3280. The van der Waals surface area contributed by atoms with Crippen LogP contribution in [0.1, 0.15) is 25.0 Å². The molecule has 0 radical (unpaired) electrons. The van der Waals surface area contributed by atoms with Crippen LogP contribution in [0.5, 0.6) is 11.5 Å². The summed E-state index contributed by atoms with van der Waals surface area (Å²) < 4.78 is 9.07. The fourth-order valence-electron chi connectivity index (χ4n) is 9.78. The molecule has 0 amide bonds. The highest BCUT2D eigenvalue weighted by molar-refractivity contribution is 6.10. The van der Waals surface area contributed by atoms with Crippen molar-refractivity contribution in [3.05, 3.63) is 205 Å². The number of hydrogen-bond acceptors (Lipinski definition) is 2. The van der Waals surface area contributed by atoms with E-state index < -0.39 is 0 Å². The molecule has 1 aliphatic carbocycles. The quantitative estimate of drug-likeness (QED) is 0.175. The molecule has 0 saturated carbocycles. The van der Waals surface area contributed by atoms with Gasteiger partial charge in [-0.15, -0.1) is 0 Å². The monoisotopic (exact) mass is 742 g/mol. The van der Waals surface area contributed by atoms with Crippen LogP contribution in [0.4, 0.5) is 17.1 Å². The maximum atomic E-state index is 6.71. The van der Waals surface area contributed by atoms with E-state index in [2.05, 4.69) is 217 Å². The molecule has 0 atom stereocenters. The topological polar surface area (TPSA) is 17.4 Å². The normalized spacial score (nSPS) is 13.3. The van der Waals surface area contributed by atoms with Crippen molar-refractivity contribution in [2.24, 2.45) is 0 Å². The van der Waals surface area contributed by atoms with Crippen molar-refractivity contribution in [1.29, 1.82) is 0 Å².